The second-order valence-electron chi connectivity index (χ2n) is 6.84. The number of nitrogens with zero attached hydrogens (tertiary/aromatic N) is 1. The molecule has 0 radical (unpaired) electrons. The molecule has 1 saturated carbocycles. The maximum atomic E-state index is 12.5. The summed E-state index contributed by atoms with van der Waals surface area (Å²) in [6.45, 7) is 0.675. The molecule has 0 unspecified atom stereocenters. The monoisotopic (exact) mass is 379 g/mol. The Kier molecular flexibility index (Phi) is 5.51. The van der Waals surface area contributed by atoms with Gasteiger partial charge in [-0.2, -0.15) is 0 Å². The molecule has 1 aliphatic heterocycles. The number of hydrogen-bond donors (Lipinski definition) is 0. The zero-order chi connectivity index (χ0) is 18.7. The van der Waals surface area contributed by atoms with Gasteiger partial charge in [0, 0.05) is 18.1 Å². The van der Waals surface area contributed by atoms with Crippen molar-refractivity contribution in [3.8, 4) is 0 Å². The molecule has 1 heterocycles. The van der Waals surface area contributed by atoms with Crippen LogP contribution in [0.25, 0.3) is 0 Å². The Balaban J connectivity index is 1.50. The van der Waals surface area contributed by atoms with E-state index in [1.165, 1.54) is 7.11 Å². The quantitative estimate of drug-likeness (QED) is 0.734. The largest absolute Gasteiger partial charge is 0.469 e. The minimum Gasteiger partial charge on any atom is -0.469 e. The van der Waals surface area contributed by atoms with Gasteiger partial charge >= 0.3 is 11.9 Å². The van der Waals surface area contributed by atoms with Crippen molar-refractivity contribution >= 4 is 29.4 Å². The molecule has 0 spiro atoms. The van der Waals surface area contributed by atoms with Crippen LogP contribution >= 0.6 is 11.6 Å². The Morgan fingerprint density at radius 2 is 1.77 bits per heavy atom. The van der Waals surface area contributed by atoms with E-state index < -0.39 is 5.41 Å². The summed E-state index contributed by atoms with van der Waals surface area (Å²) in [7, 11) is 1.37. The predicted octanol–water partition coefficient (Wildman–Crippen LogP) is 2.33. The lowest BCUT2D eigenvalue weighted by Gasteiger charge is -2.30. The van der Waals surface area contributed by atoms with Gasteiger partial charge in [-0.05, 0) is 43.4 Å². The smallest absolute Gasteiger partial charge is 0.317 e. The lowest BCUT2D eigenvalue weighted by atomic mass is 9.96. The number of benzene rings is 1. The molecule has 0 bridgehead atoms. The minimum absolute atomic E-state index is 0.161. The fourth-order valence-corrected chi connectivity index (χ4v) is 3.52. The van der Waals surface area contributed by atoms with E-state index >= 15 is 0 Å². The Hall–Kier alpha value is -2.08. The highest BCUT2D eigenvalue weighted by atomic mass is 35.5. The number of carbonyl (C=O) groups excluding carboxylic acids is 3. The first kappa shape index (κ1) is 18.7. The molecule has 1 aliphatic carbocycles. The summed E-state index contributed by atoms with van der Waals surface area (Å²) in [6.07, 6.45) is 2.57. The van der Waals surface area contributed by atoms with Crippen LogP contribution in [0.5, 0.6) is 0 Å². The summed E-state index contributed by atoms with van der Waals surface area (Å²) < 4.78 is 10.0. The third-order valence-corrected chi connectivity index (χ3v) is 5.50. The topological polar surface area (TPSA) is 72.9 Å². The number of carbonyl (C=O) groups is 3. The summed E-state index contributed by atoms with van der Waals surface area (Å²) in [5, 5.41) is 0.614. The number of ether oxygens (including phenoxy) is 2. The highest BCUT2D eigenvalue weighted by Gasteiger charge is 2.53. The number of rotatable bonds is 5. The van der Waals surface area contributed by atoms with Gasteiger partial charge in [-0.3, -0.25) is 14.4 Å². The molecule has 0 aromatic heterocycles. The molecular formula is C19H22ClNO5. The second-order valence-corrected chi connectivity index (χ2v) is 7.28. The van der Waals surface area contributed by atoms with Crippen LogP contribution in [0.1, 0.15) is 31.2 Å². The third-order valence-electron chi connectivity index (χ3n) is 5.25. The van der Waals surface area contributed by atoms with Gasteiger partial charge < -0.3 is 14.4 Å². The number of esters is 2. The van der Waals surface area contributed by atoms with Crippen molar-refractivity contribution in [2.75, 3.05) is 26.8 Å². The SMILES string of the molecule is COC(=O)C1CCN(C(=O)COC(=O)C2(c3ccc(Cl)cc3)CC2)CC1. The van der Waals surface area contributed by atoms with Crippen LogP contribution in [0.2, 0.25) is 5.02 Å². The predicted molar refractivity (Wildman–Crippen MR) is 94.6 cm³/mol. The van der Waals surface area contributed by atoms with E-state index in [1.54, 1.807) is 17.0 Å². The van der Waals surface area contributed by atoms with Crippen LogP contribution < -0.4 is 0 Å². The summed E-state index contributed by atoms with van der Waals surface area (Å²) in [5.41, 5.74) is 0.237. The third kappa shape index (κ3) is 3.85. The van der Waals surface area contributed by atoms with Gasteiger partial charge in [-0.15, -0.1) is 0 Å². The maximum absolute atomic E-state index is 12.5. The molecule has 26 heavy (non-hydrogen) atoms. The van der Waals surface area contributed by atoms with Crippen molar-refractivity contribution in [3.63, 3.8) is 0 Å². The van der Waals surface area contributed by atoms with Gasteiger partial charge in [0.25, 0.3) is 5.91 Å². The summed E-state index contributed by atoms with van der Waals surface area (Å²) in [4.78, 5) is 37.9. The van der Waals surface area contributed by atoms with Crippen molar-refractivity contribution in [2.24, 2.45) is 5.92 Å². The van der Waals surface area contributed by atoms with Crippen molar-refractivity contribution < 1.29 is 23.9 Å². The highest BCUT2D eigenvalue weighted by Crippen LogP contribution is 2.49. The van der Waals surface area contributed by atoms with Crippen LogP contribution in [-0.4, -0.2) is 49.6 Å². The molecule has 140 valence electrons. The van der Waals surface area contributed by atoms with Crippen LogP contribution in [0.4, 0.5) is 0 Å². The first-order valence-corrected chi connectivity index (χ1v) is 9.13. The lowest BCUT2D eigenvalue weighted by Crippen LogP contribution is -2.42. The molecule has 0 N–H and O–H groups in total. The first-order chi connectivity index (χ1) is 12.5. The van der Waals surface area contributed by atoms with Crippen LogP contribution in [0, 0.1) is 5.92 Å². The number of likely N-dealkylation sites (tertiary alicyclic amines) is 1. The Bertz CT molecular complexity index is 690. The molecule has 7 heteroatoms. The molecular weight excluding hydrogens is 358 g/mol. The molecule has 3 rings (SSSR count). The fourth-order valence-electron chi connectivity index (χ4n) is 3.39. The number of amides is 1. The standard InChI is InChI=1S/C19H22ClNO5/c1-25-17(23)13-6-10-21(11-7-13)16(22)12-26-18(24)19(8-9-19)14-2-4-15(20)5-3-14/h2-5,13H,6-12H2,1H3. The average Bonchev–Trinajstić information content (AvgIpc) is 3.48. The van der Waals surface area contributed by atoms with E-state index in [-0.39, 0.29) is 30.4 Å². The zero-order valence-corrected chi connectivity index (χ0v) is 15.5. The molecule has 1 aromatic rings. The van der Waals surface area contributed by atoms with Crippen LogP contribution in [-0.2, 0) is 29.3 Å². The molecule has 6 nitrogen and oxygen atoms in total. The number of methoxy groups -OCH3 is 1. The summed E-state index contributed by atoms with van der Waals surface area (Å²) in [5.74, 6) is -0.986. The average molecular weight is 380 g/mol. The molecule has 1 aromatic carbocycles. The Morgan fingerprint density at radius 1 is 1.15 bits per heavy atom. The fraction of sp³-hybridized carbons (Fsp3) is 0.526. The Labute approximate surface area is 157 Å². The molecule has 1 saturated heterocycles. The lowest BCUT2D eigenvalue weighted by molar-refractivity contribution is -0.155. The van der Waals surface area contributed by atoms with Gasteiger partial charge in [-0.1, -0.05) is 23.7 Å². The molecule has 2 fully saturated rings. The van der Waals surface area contributed by atoms with Gasteiger partial charge in [0.1, 0.15) is 0 Å². The first-order valence-electron chi connectivity index (χ1n) is 8.75. The maximum Gasteiger partial charge on any atom is 0.317 e. The van der Waals surface area contributed by atoms with E-state index in [2.05, 4.69) is 0 Å². The van der Waals surface area contributed by atoms with E-state index in [0.717, 1.165) is 5.56 Å². The molecule has 2 aliphatic rings. The van der Waals surface area contributed by atoms with E-state index in [9.17, 15) is 14.4 Å². The van der Waals surface area contributed by atoms with Crippen molar-refractivity contribution in [2.45, 2.75) is 31.1 Å². The van der Waals surface area contributed by atoms with Gasteiger partial charge in [0.05, 0.1) is 18.4 Å². The van der Waals surface area contributed by atoms with E-state index in [4.69, 9.17) is 21.1 Å². The number of hydrogen-bond acceptors (Lipinski definition) is 5. The van der Waals surface area contributed by atoms with Crippen LogP contribution in [0.3, 0.4) is 0 Å². The number of piperidine rings is 1. The summed E-state index contributed by atoms with van der Waals surface area (Å²) in [6, 6.07) is 7.16. The zero-order valence-electron chi connectivity index (χ0n) is 14.7. The van der Waals surface area contributed by atoms with E-state index in [0.29, 0.717) is 43.8 Å². The van der Waals surface area contributed by atoms with Crippen LogP contribution in [0.15, 0.2) is 24.3 Å². The van der Waals surface area contributed by atoms with Gasteiger partial charge in [-0.25, -0.2) is 0 Å². The van der Waals surface area contributed by atoms with Gasteiger partial charge in [0.15, 0.2) is 6.61 Å². The van der Waals surface area contributed by atoms with E-state index in [1.807, 2.05) is 12.1 Å². The second kappa shape index (κ2) is 7.66. The normalized spacial score (nSPS) is 18.9. The van der Waals surface area contributed by atoms with Crippen molar-refractivity contribution in [3.05, 3.63) is 34.9 Å². The summed E-state index contributed by atoms with van der Waals surface area (Å²) >= 11 is 5.89. The molecule has 0 atom stereocenters. The highest BCUT2D eigenvalue weighted by molar-refractivity contribution is 6.30. The van der Waals surface area contributed by atoms with Crippen molar-refractivity contribution in [1.82, 2.24) is 4.90 Å². The Morgan fingerprint density at radius 3 is 2.31 bits per heavy atom. The van der Waals surface area contributed by atoms with Crippen molar-refractivity contribution in [1.29, 1.82) is 0 Å². The minimum atomic E-state index is -0.636. The number of halogens is 1. The molecule has 1 amide bonds. The van der Waals surface area contributed by atoms with Gasteiger partial charge in [0.2, 0.25) is 0 Å².